The third-order valence-electron chi connectivity index (χ3n) is 4.63. The van der Waals surface area contributed by atoms with Crippen molar-refractivity contribution in [2.75, 3.05) is 19.7 Å². The number of halogens is 1. The molecule has 0 spiro atoms. The first-order valence-corrected chi connectivity index (χ1v) is 11.7. The minimum atomic E-state index is -3.76. The largest absolute Gasteiger partial charge is 0.493 e. The van der Waals surface area contributed by atoms with Gasteiger partial charge in [-0.1, -0.05) is 25.4 Å². The Labute approximate surface area is 188 Å². The number of benzene rings is 2. The molecular weight excluding hydrogens is 442 g/mol. The molecule has 0 saturated carbocycles. The van der Waals surface area contributed by atoms with Gasteiger partial charge >= 0.3 is 5.97 Å². The van der Waals surface area contributed by atoms with E-state index in [0.29, 0.717) is 36.6 Å². The fourth-order valence-electron chi connectivity index (χ4n) is 2.96. The fourth-order valence-corrected chi connectivity index (χ4v) is 4.64. The van der Waals surface area contributed by atoms with Gasteiger partial charge in [0.05, 0.1) is 22.1 Å². The van der Waals surface area contributed by atoms with Gasteiger partial charge in [0.2, 0.25) is 10.0 Å². The molecule has 2 rings (SSSR count). The van der Waals surface area contributed by atoms with E-state index in [4.69, 9.17) is 21.1 Å². The second-order valence-corrected chi connectivity index (χ2v) is 8.96. The smallest absolute Gasteiger partial charge is 0.340 e. The molecule has 0 amide bonds. The molecule has 0 saturated heterocycles. The summed E-state index contributed by atoms with van der Waals surface area (Å²) in [6.45, 7) is 7.55. The highest BCUT2D eigenvalue weighted by molar-refractivity contribution is 7.89. The molecule has 168 valence electrons. The molecule has 0 fully saturated rings. The predicted octanol–water partition coefficient (Wildman–Crippen LogP) is 4.33. The van der Waals surface area contributed by atoms with Crippen molar-refractivity contribution in [1.82, 2.24) is 4.31 Å². The second kappa shape index (κ2) is 10.7. The van der Waals surface area contributed by atoms with E-state index in [9.17, 15) is 18.0 Å². The van der Waals surface area contributed by atoms with Crippen molar-refractivity contribution in [2.45, 2.75) is 39.2 Å². The summed E-state index contributed by atoms with van der Waals surface area (Å²) >= 11 is 6.14. The molecule has 9 heteroatoms. The third kappa shape index (κ3) is 5.84. The highest BCUT2D eigenvalue weighted by Crippen LogP contribution is 2.26. The molecule has 2 aromatic carbocycles. The SMILES string of the molecule is CCOc1ccc(C(C)=O)cc1COC(=O)c1cc(S(=O)(=O)N(CC)CC)ccc1Cl. The van der Waals surface area contributed by atoms with Gasteiger partial charge in [0.15, 0.2) is 5.78 Å². The summed E-state index contributed by atoms with van der Waals surface area (Å²) in [7, 11) is -3.76. The number of carbonyl (C=O) groups is 2. The quantitative estimate of drug-likeness (QED) is 0.381. The van der Waals surface area contributed by atoms with Gasteiger partial charge in [-0.3, -0.25) is 4.79 Å². The Balaban J connectivity index is 2.31. The van der Waals surface area contributed by atoms with Crippen LogP contribution in [0.5, 0.6) is 5.75 Å². The molecule has 0 aromatic heterocycles. The summed E-state index contributed by atoms with van der Waals surface area (Å²) in [6.07, 6.45) is 0. The lowest BCUT2D eigenvalue weighted by atomic mass is 10.1. The van der Waals surface area contributed by atoms with Crippen molar-refractivity contribution < 1.29 is 27.5 Å². The van der Waals surface area contributed by atoms with E-state index in [2.05, 4.69) is 0 Å². The second-order valence-electron chi connectivity index (χ2n) is 6.62. The highest BCUT2D eigenvalue weighted by atomic mass is 35.5. The predicted molar refractivity (Wildman–Crippen MR) is 118 cm³/mol. The van der Waals surface area contributed by atoms with E-state index in [1.54, 1.807) is 32.0 Å². The molecule has 0 aliphatic carbocycles. The first kappa shape index (κ1) is 24.8. The number of carbonyl (C=O) groups excluding carboxylic acids is 2. The molecule has 0 radical (unpaired) electrons. The monoisotopic (exact) mass is 467 g/mol. The minimum Gasteiger partial charge on any atom is -0.493 e. The van der Waals surface area contributed by atoms with Crippen molar-refractivity contribution >= 4 is 33.4 Å². The number of nitrogens with zero attached hydrogens (tertiary/aromatic N) is 1. The molecular formula is C22H26ClNO6S. The number of sulfonamides is 1. The van der Waals surface area contributed by atoms with Crippen molar-refractivity contribution in [2.24, 2.45) is 0 Å². The summed E-state index contributed by atoms with van der Waals surface area (Å²) in [6, 6.07) is 8.81. The van der Waals surface area contributed by atoms with Crippen molar-refractivity contribution in [1.29, 1.82) is 0 Å². The van der Waals surface area contributed by atoms with Crippen LogP contribution in [0, 0.1) is 0 Å². The number of ketones is 1. The lowest BCUT2D eigenvalue weighted by Gasteiger charge is -2.19. The van der Waals surface area contributed by atoms with E-state index < -0.39 is 16.0 Å². The highest BCUT2D eigenvalue weighted by Gasteiger charge is 2.24. The Hall–Kier alpha value is -2.42. The van der Waals surface area contributed by atoms with Crippen molar-refractivity contribution in [3.63, 3.8) is 0 Å². The molecule has 0 bridgehead atoms. The van der Waals surface area contributed by atoms with Gasteiger partial charge in [0.25, 0.3) is 0 Å². The summed E-state index contributed by atoms with van der Waals surface area (Å²) in [5.74, 6) is -0.422. The Morgan fingerprint density at radius 2 is 1.71 bits per heavy atom. The van der Waals surface area contributed by atoms with Crippen molar-refractivity contribution in [3.05, 3.63) is 58.1 Å². The van der Waals surface area contributed by atoms with Crippen LogP contribution >= 0.6 is 11.6 Å². The maximum Gasteiger partial charge on any atom is 0.340 e. The Morgan fingerprint density at radius 1 is 1.03 bits per heavy atom. The average molecular weight is 468 g/mol. The number of ether oxygens (including phenoxy) is 2. The van der Waals surface area contributed by atoms with E-state index in [1.807, 2.05) is 6.92 Å². The zero-order chi connectivity index (χ0) is 23.2. The van der Waals surface area contributed by atoms with Crippen LogP contribution in [0.25, 0.3) is 0 Å². The summed E-state index contributed by atoms with van der Waals surface area (Å²) < 4.78 is 37.7. The molecule has 0 atom stereocenters. The van der Waals surface area contributed by atoms with E-state index >= 15 is 0 Å². The van der Waals surface area contributed by atoms with Crippen molar-refractivity contribution in [3.8, 4) is 5.75 Å². The molecule has 0 unspecified atom stereocenters. The van der Waals surface area contributed by atoms with Gasteiger partial charge in [-0.05, 0) is 50.2 Å². The number of hydrogen-bond acceptors (Lipinski definition) is 6. The van der Waals surface area contributed by atoms with Crippen LogP contribution in [0.4, 0.5) is 0 Å². The first-order valence-electron chi connectivity index (χ1n) is 9.89. The van der Waals surface area contributed by atoms with Crippen LogP contribution in [0.1, 0.15) is 54.0 Å². The van der Waals surface area contributed by atoms with Gasteiger partial charge in [-0.15, -0.1) is 0 Å². The minimum absolute atomic E-state index is 0.0406. The van der Waals surface area contributed by atoms with E-state index in [-0.39, 0.29) is 27.9 Å². The molecule has 7 nitrogen and oxygen atoms in total. The standard InChI is InChI=1S/C22H26ClNO6S/c1-5-24(6-2)31(27,28)18-9-10-20(23)19(13-18)22(26)30-14-17-12-16(15(4)25)8-11-21(17)29-7-3/h8-13H,5-7,14H2,1-4H3. The Kier molecular flexibility index (Phi) is 8.61. The maximum absolute atomic E-state index is 12.8. The topological polar surface area (TPSA) is 90.0 Å². The van der Waals surface area contributed by atoms with Crippen LogP contribution < -0.4 is 4.74 Å². The molecule has 0 aliphatic heterocycles. The average Bonchev–Trinajstić information content (AvgIpc) is 2.73. The van der Waals surface area contributed by atoms with Crippen LogP contribution in [0.3, 0.4) is 0 Å². The molecule has 0 N–H and O–H groups in total. The normalized spacial score (nSPS) is 11.4. The first-order chi connectivity index (χ1) is 14.6. The lowest BCUT2D eigenvalue weighted by Crippen LogP contribution is -2.30. The zero-order valence-electron chi connectivity index (χ0n) is 18.0. The zero-order valence-corrected chi connectivity index (χ0v) is 19.5. The number of rotatable bonds is 10. The summed E-state index contributed by atoms with van der Waals surface area (Å²) in [5, 5.41) is 0.0750. The number of esters is 1. The maximum atomic E-state index is 12.8. The molecule has 0 aliphatic rings. The fraction of sp³-hybridized carbons (Fsp3) is 0.364. The molecule has 2 aromatic rings. The van der Waals surface area contributed by atoms with Gasteiger partial charge in [-0.2, -0.15) is 4.31 Å². The van der Waals surface area contributed by atoms with Crippen LogP contribution in [0.2, 0.25) is 5.02 Å². The van der Waals surface area contributed by atoms with Crippen LogP contribution in [0.15, 0.2) is 41.3 Å². The van der Waals surface area contributed by atoms with E-state index in [0.717, 1.165) is 0 Å². The van der Waals surface area contributed by atoms with Crippen LogP contribution in [-0.4, -0.2) is 44.2 Å². The summed E-state index contributed by atoms with van der Waals surface area (Å²) in [5.41, 5.74) is 0.918. The Bertz CT molecular complexity index is 1060. The molecule has 0 heterocycles. The van der Waals surface area contributed by atoms with Gasteiger partial charge in [0, 0.05) is 24.2 Å². The van der Waals surface area contributed by atoms with Gasteiger partial charge in [0.1, 0.15) is 12.4 Å². The van der Waals surface area contributed by atoms with Gasteiger partial charge < -0.3 is 9.47 Å². The van der Waals surface area contributed by atoms with E-state index in [1.165, 1.54) is 29.4 Å². The summed E-state index contributed by atoms with van der Waals surface area (Å²) in [4.78, 5) is 24.3. The number of Topliss-reactive ketones (excluding diaryl/α,β-unsaturated/α-hetero) is 1. The Morgan fingerprint density at radius 3 is 2.29 bits per heavy atom. The molecule has 31 heavy (non-hydrogen) atoms. The van der Waals surface area contributed by atoms with Crippen LogP contribution in [-0.2, 0) is 21.4 Å². The number of hydrogen-bond donors (Lipinski definition) is 0. The van der Waals surface area contributed by atoms with Gasteiger partial charge in [-0.25, -0.2) is 13.2 Å². The lowest BCUT2D eigenvalue weighted by molar-refractivity contribution is 0.0469. The third-order valence-corrected chi connectivity index (χ3v) is 7.00.